The third kappa shape index (κ3) is 3.31. The number of rotatable bonds is 3. The Morgan fingerprint density at radius 1 is 1.36 bits per heavy atom. The van der Waals surface area contributed by atoms with Crippen LogP contribution in [0.4, 0.5) is 0 Å². The molecule has 1 aliphatic heterocycles. The molecule has 6 heteroatoms. The molecule has 118 valence electrons. The van der Waals surface area contributed by atoms with Crippen LogP contribution in [0.15, 0.2) is 42.7 Å². The van der Waals surface area contributed by atoms with E-state index in [0.29, 0.717) is 11.5 Å². The summed E-state index contributed by atoms with van der Waals surface area (Å²) in [4.78, 5) is 14.4. The lowest BCUT2D eigenvalue weighted by molar-refractivity contribution is 0.0786. The van der Waals surface area contributed by atoms with Crippen LogP contribution < -0.4 is 5.73 Å². The van der Waals surface area contributed by atoms with Gasteiger partial charge < -0.3 is 10.6 Å². The van der Waals surface area contributed by atoms with E-state index < -0.39 is 0 Å². The Hall–Kier alpha value is -1.85. The van der Waals surface area contributed by atoms with E-state index in [1.54, 1.807) is 17.1 Å². The summed E-state index contributed by atoms with van der Waals surface area (Å²) in [6.45, 7) is 3.53. The minimum Gasteiger partial charge on any atom is -0.338 e. The van der Waals surface area contributed by atoms with Gasteiger partial charge in [0.2, 0.25) is 0 Å². The van der Waals surface area contributed by atoms with Crippen molar-refractivity contribution in [2.75, 3.05) is 13.1 Å². The first kappa shape index (κ1) is 16.5. The molecule has 0 radical (unpaired) electrons. The smallest absolute Gasteiger partial charge is 0.257 e. The molecule has 2 heterocycles. The topological polar surface area (TPSA) is 64.2 Å². The largest absolute Gasteiger partial charge is 0.338 e. The summed E-state index contributed by atoms with van der Waals surface area (Å²) in [6.07, 6.45) is 4.40. The molecule has 22 heavy (non-hydrogen) atoms. The van der Waals surface area contributed by atoms with Crippen molar-refractivity contribution in [2.24, 2.45) is 11.7 Å². The van der Waals surface area contributed by atoms with Crippen LogP contribution in [0.5, 0.6) is 0 Å². The van der Waals surface area contributed by atoms with Crippen molar-refractivity contribution in [3.63, 3.8) is 0 Å². The van der Waals surface area contributed by atoms with E-state index >= 15 is 0 Å². The Labute approximate surface area is 136 Å². The molecule has 1 aromatic carbocycles. The van der Waals surface area contributed by atoms with Crippen LogP contribution in [0.1, 0.15) is 23.7 Å². The van der Waals surface area contributed by atoms with Gasteiger partial charge in [0.05, 0.1) is 17.4 Å². The van der Waals surface area contributed by atoms with Crippen molar-refractivity contribution in [1.29, 1.82) is 0 Å². The minimum atomic E-state index is 0. The van der Waals surface area contributed by atoms with E-state index in [0.717, 1.165) is 25.2 Å². The number of likely N-dealkylation sites (tertiary alicyclic amines) is 1. The number of amides is 1. The third-order valence-corrected chi connectivity index (χ3v) is 4.11. The third-order valence-electron chi connectivity index (χ3n) is 4.11. The number of nitrogens with two attached hydrogens (primary N) is 1. The van der Waals surface area contributed by atoms with E-state index in [1.165, 1.54) is 0 Å². The number of carbonyl (C=O) groups excluding carboxylic acids is 1. The summed E-state index contributed by atoms with van der Waals surface area (Å²) in [5.74, 6) is 0.443. The standard InChI is InChI=1S/C16H20N4O.ClH/c1-12(17)13-7-8-19(10-13)16(21)14-9-18-20(11-14)15-5-3-2-4-6-15;/h2-6,9,11-13H,7-8,10,17H2,1H3;1H. The second kappa shape index (κ2) is 6.94. The Kier molecular flexibility index (Phi) is 5.21. The van der Waals surface area contributed by atoms with Gasteiger partial charge in [0.25, 0.3) is 5.91 Å². The van der Waals surface area contributed by atoms with Crippen molar-refractivity contribution >= 4 is 18.3 Å². The molecule has 1 fully saturated rings. The van der Waals surface area contributed by atoms with Gasteiger partial charge in [-0.2, -0.15) is 5.10 Å². The average molecular weight is 321 g/mol. The fourth-order valence-electron chi connectivity index (χ4n) is 2.74. The summed E-state index contributed by atoms with van der Waals surface area (Å²) in [5, 5.41) is 4.28. The number of benzene rings is 1. The van der Waals surface area contributed by atoms with Crippen LogP contribution >= 0.6 is 12.4 Å². The molecule has 5 nitrogen and oxygen atoms in total. The molecule has 3 rings (SSSR count). The van der Waals surface area contributed by atoms with Gasteiger partial charge >= 0.3 is 0 Å². The maximum Gasteiger partial charge on any atom is 0.257 e. The number of hydrogen-bond acceptors (Lipinski definition) is 3. The summed E-state index contributed by atoms with van der Waals surface area (Å²) >= 11 is 0. The molecule has 0 bridgehead atoms. The average Bonchev–Trinajstić information content (AvgIpc) is 3.17. The summed E-state index contributed by atoms with van der Waals surface area (Å²) in [5.41, 5.74) is 7.50. The van der Waals surface area contributed by atoms with Crippen molar-refractivity contribution in [3.8, 4) is 5.69 Å². The molecule has 2 aromatic rings. The normalized spacial score (nSPS) is 18.8. The zero-order chi connectivity index (χ0) is 14.8. The van der Waals surface area contributed by atoms with Crippen LogP contribution in [-0.4, -0.2) is 39.7 Å². The second-order valence-corrected chi connectivity index (χ2v) is 5.67. The van der Waals surface area contributed by atoms with Crippen molar-refractivity contribution in [3.05, 3.63) is 48.3 Å². The molecule has 1 aliphatic rings. The van der Waals surface area contributed by atoms with E-state index in [4.69, 9.17) is 5.73 Å². The molecule has 2 atom stereocenters. The predicted octanol–water partition coefficient (Wildman–Crippen LogP) is 2.10. The molecule has 0 saturated carbocycles. The van der Waals surface area contributed by atoms with Crippen LogP contribution in [0.3, 0.4) is 0 Å². The number of nitrogens with zero attached hydrogens (tertiary/aromatic N) is 3. The van der Waals surface area contributed by atoms with Gasteiger partial charge in [-0.1, -0.05) is 18.2 Å². The monoisotopic (exact) mass is 320 g/mol. The molecule has 2 N–H and O–H groups in total. The van der Waals surface area contributed by atoms with E-state index in [-0.39, 0.29) is 24.4 Å². The first-order chi connectivity index (χ1) is 10.1. The van der Waals surface area contributed by atoms with Crippen LogP contribution in [-0.2, 0) is 0 Å². The van der Waals surface area contributed by atoms with Gasteiger partial charge in [0.15, 0.2) is 0 Å². The molecular formula is C16H21ClN4O. The van der Waals surface area contributed by atoms with E-state index in [9.17, 15) is 4.79 Å². The van der Waals surface area contributed by atoms with E-state index in [1.807, 2.05) is 42.2 Å². The van der Waals surface area contributed by atoms with Crippen molar-refractivity contribution in [2.45, 2.75) is 19.4 Å². The first-order valence-electron chi connectivity index (χ1n) is 7.30. The Balaban J connectivity index is 0.00000176. The highest BCUT2D eigenvalue weighted by Crippen LogP contribution is 2.21. The number of halogens is 1. The van der Waals surface area contributed by atoms with E-state index in [2.05, 4.69) is 5.10 Å². The van der Waals surface area contributed by atoms with Gasteiger partial charge in [-0.05, 0) is 31.4 Å². The van der Waals surface area contributed by atoms with Gasteiger partial charge in [-0.15, -0.1) is 12.4 Å². The highest BCUT2D eigenvalue weighted by Gasteiger charge is 2.29. The minimum absolute atomic E-state index is 0. The Bertz CT molecular complexity index is 626. The van der Waals surface area contributed by atoms with Crippen molar-refractivity contribution < 1.29 is 4.79 Å². The molecule has 1 amide bonds. The zero-order valence-electron chi connectivity index (χ0n) is 12.6. The fourth-order valence-corrected chi connectivity index (χ4v) is 2.74. The predicted molar refractivity (Wildman–Crippen MR) is 88.5 cm³/mol. The van der Waals surface area contributed by atoms with Gasteiger partial charge in [0.1, 0.15) is 0 Å². The number of hydrogen-bond donors (Lipinski definition) is 1. The maximum absolute atomic E-state index is 12.5. The highest BCUT2D eigenvalue weighted by molar-refractivity contribution is 5.94. The Morgan fingerprint density at radius 3 is 2.73 bits per heavy atom. The highest BCUT2D eigenvalue weighted by atomic mass is 35.5. The lowest BCUT2D eigenvalue weighted by Crippen LogP contribution is -2.32. The molecule has 1 aromatic heterocycles. The van der Waals surface area contributed by atoms with Crippen LogP contribution in [0, 0.1) is 5.92 Å². The van der Waals surface area contributed by atoms with Gasteiger partial charge in [-0.3, -0.25) is 4.79 Å². The molecular weight excluding hydrogens is 300 g/mol. The fraction of sp³-hybridized carbons (Fsp3) is 0.375. The molecule has 2 unspecified atom stereocenters. The molecule has 1 saturated heterocycles. The summed E-state index contributed by atoms with van der Waals surface area (Å²) in [7, 11) is 0. The number of aromatic nitrogens is 2. The SMILES string of the molecule is CC(N)C1CCN(C(=O)c2cnn(-c3ccccc3)c2)C1.Cl. The van der Waals surface area contributed by atoms with Gasteiger partial charge in [0, 0.05) is 25.3 Å². The first-order valence-corrected chi connectivity index (χ1v) is 7.30. The second-order valence-electron chi connectivity index (χ2n) is 5.67. The molecule has 0 aliphatic carbocycles. The number of carbonyl (C=O) groups is 1. The quantitative estimate of drug-likeness (QED) is 0.942. The lowest BCUT2D eigenvalue weighted by Gasteiger charge is -2.17. The summed E-state index contributed by atoms with van der Waals surface area (Å²) < 4.78 is 1.73. The van der Waals surface area contributed by atoms with Gasteiger partial charge in [-0.25, -0.2) is 4.68 Å². The van der Waals surface area contributed by atoms with Crippen LogP contribution in [0.2, 0.25) is 0 Å². The number of para-hydroxylation sites is 1. The maximum atomic E-state index is 12.5. The van der Waals surface area contributed by atoms with Crippen molar-refractivity contribution in [1.82, 2.24) is 14.7 Å². The Morgan fingerprint density at radius 2 is 2.09 bits per heavy atom. The van der Waals surface area contributed by atoms with Crippen LogP contribution in [0.25, 0.3) is 5.69 Å². The summed E-state index contributed by atoms with van der Waals surface area (Å²) in [6, 6.07) is 9.91. The molecule has 0 spiro atoms. The lowest BCUT2D eigenvalue weighted by atomic mass is 10.0. The zero-order valence-corrected chi connectivity index (χ0v) is 13.4.